The normalized spacial score (nSPS) is 12.1. The van der Waals surface area contributed by atoms with Crippen molar-refractivity contribution in [2.75, 3.05) is 15.6 Å². The quantitative estimate of drug-likeness (QED) is 0.0970. The molecule has 0 aliphatic carbocycles. The van der Waals surface area contributed by atoms with Crippen LogP contribution in [-0.2, 0) is 32.4 Å². The number of sulfonamides is 2. The zero-order chi connectivity index (χ0) is 37.7. The number of nitro benzene ring substituents is 2. The van der Waals surface area contributed by atoms with E-state index in [9.17, 15) is 63.4 Å². The molecular weight excluding hydrogens is 722 g/mol. The molecule has 0 fully saturated rings. The standard InChI is InChI=1S/C17H17F3N2O4S.C13H9F3N2O4S/c1-12(2)11-21(16-6-4-3-5-15(16)17(18,19)20)27(25,26)14-9-7-13(8-10-14)22(23)24;14-13(15,16)11-3-1-2-4-12(11)17-23(21,22)10-7-5-9(6-8-10)18(19)20/h3-10,12H,11H2,1-2H3;1-8,17H. The molecule has 268 valence electrons. The van der Waals surface area contributed by atoms with Crippen LogP contribution in [0.5, 0.6) is 0 Å². The first kappa shape index (κ1) is 39.2. The highest BCUT2D eigenvalue weighted by molar-refractivity contribution is 7.93. The van der Waals surface area contributed by atoms with Crippen molar-refractivity contribution in [3.63, 3.8) is 0 Å². The Bertz CT molecular complexity index is 2060. The second-order valence-electron chi connectivity index (χ2n) is 10.6. The number of para-hydroxylation sites is 2. The molecule has 0 spiro atoms. The first-order chi connectivity index (χ1) is 23.1. The predicted molar refractivity (Wildman–Crippen MR) is 169 cm³/mol. The predicted octanol–water partition coefficient (Wildman–Crippen LogP) is 7.88. The number of non-ortho nitro benzene ring substituents is 2. The fourth-order valence-electron chi connectivity index (χ4n) is 4.23. The summed E-state index contributed by atoms with van der Waals surface area (Å²) in [5.74, 6) is -0.265. The van der Waals surface area contributed by atoms with Crippen molar-refractivity contribution in [1.29, 1.82) is 0 Å². The van der Waals surface area contributed by atoms with Gasteiger partial charge < -0.3 is 0 Å². The van der Waals surface area contributed by atoms with Gasteiger partial charge in [0.1, 0.15) is 0 Å². The van der Waals surface area contributed by atoms with Crippen molar-refractivity contribution < 1.29 is 53.0 Å². The third-order valence-corrected chi connectivity index (χ3v) is 9.65. The lowest BCUT2D eigenvalue weighted by atomic mass is 10.1. The van der Waals surface area contributed by atoms with E-state index in [0.29, 0.717) is 4.31 Å². The van der Waals surface area contributed by atoms with Gasteiger partial charge >= 0.3 is 12.4 Å². The molecule has 0 saturated carbocycles. The Morgan fingerprint density at radius 1 is 0.660 bits per heavy atom. The van der Waals surface area contributed by atoms with Gasteiger partial charge in [-0.05, 0) is 54.4 Å². The van der Waals surface area contributed by atoms with Crippen LogP contribution in [0, 0.1) is 26.1 Å². The number of benzene rings is 4. The van der Waals surface area contributed by atoms with Gasteiger partial charge in [0.15, 0.2) is 0 Å². The number of anilines is 2. The summed E-state index contributed by atoms with van der Waals surface area (Å²) in [5, 5.41) is 21.3. The van der Waals surface area contributed by atoms with Crippen LogP contribution in [0.15, 0.2) is 107 Å². The molecule has 0 radical (unpaired) electrons. The molecule has 0 bridgehead atoms. The molecule has 0 amide bonds. The first-order valence-electron chi connectivity index (χ1n) is 13.9. The van der Waals surface area contributed by atoms with E-state index >= 15 is 0 Å². The monoisotopic (exact) mass is 748 g/mol. The molecule has 4 rings (SSSR count). The number of hydrogen-bond acceptors (Lipinski definition) is 8. The molecular formula is C30H26F6N4O8S2. The molecule has 20 heteroatoms. The van der Waals surface area contributed by atoms with Crippen LogP contribution in [0.2, 0.25) is 0 Å². The fourth-order valence-corrected chi connectivity index (χ4v) is 6.95. The van der Waals surface area contributed by atoms with Gasteiger partial charge in [-0.15, -0.1) is 0 Å². The van der Waals surface area contributed by atoms with Crippen molar-refractivity contribution in [2.45, 2.75) is 36.0 Å². The Morgan fingerprint density at radius 3 is 1.52 bits per heavy atom. The molecule has 4 aromatic rings. The van der Waals surface area contributed by atoms with Gasteiger partial charge in [-0.3, -0.25) is 29.3 Å². The maximum atomic E-state index is 13.4. The number of nitrogens with zero attached hydrogens (tertiary/aromatic N) is 3. The van der Waals surface area contributed by atoms with Crippen molar-refractivity contribution in [3.8, 4) is 0 Å². The van der Waals surface area contributed by atoms with E-state index < -0.39 is 64.7 Å². The van der Waals surface area contributed by atoms with Crippen LogP contribution in [-0.4, -0.2) is 33.2 Å². The third kappa shape index (κ3) is 9.68. The minimum Gasteiger partial charge on any atom is -0.279 e. The lowest BCUT2D eigenvalue weighted by Gasteiger charge is -2.28. The first-order valence-corrected chi connectivity index (χ1v) is 16.8. The maximum Gasteiger partial charge on any atom is 0.418 e. The van der Waals surface area contributed by atoms with Gasteiger partial charge in [0.05, 0.1) is 42.1 Å². The maximum absolute atomic E-state index is 13.4. The van der Waals surface area contributed by atoms with E-state index in [1.807, 2.05) is 4.72 Å². The Balaban J connectivity index is 0.000000274. The average molecular weight is 749 g/mol. The highest BCUT2D eigenvalue weighted by Crippen LogP contribution is 2.39. The summed E-state index contributed by atoms with van der Waals surface area (Å²) in [6, 6.07) is 16.3. The second kappa shape index (κ2) is 15.1. The van der Waals surface area contributed by atoms with Crippen LogP contribution in [0.3, 0.4) is 0 Å². The molecule has 50 heavy (non-hydrogen) atoms. The molecule has 12 nitrogen and oxygen atoms in total. The smallest absolute Gasteiger partial charge is 0.279 e. The molecule has 4 aromatic carbocycles. The van der Waals surface area contributed by atoms with Gasteiger partial charge in [-0.1, -0.05) is 38.1 Å². The lowest BCUT2D eigenvalue weighted by Crippen LogP contribution is -2.35. The topological polar surface area (TPSA) is 170 Å². The van der Waals surface area contributed by atoms with Gasteiger partial charge in [0.2, 0.25) is 0 Å². The molecule has 0 atom stereocenters. The van der Waals surface area contributed by atoms with E-state index in [0.717, 1.165) is 78.9 Å². The van der Waals surface area contributed by atoms with Gasteiger partial charge in [-0.25, -0.2) is 16.8 Å². The third-order valence-electron chi connectivity index (χ3n) is 6.48. The average Bonchev–Trinajstić information content (AvgIpc) is 3.03. The van der Waals surface area contributed by atoms with Crippen LogP contribution in [0.25, 0.3) is 0 Å². The molecule has 0 heterocycles. The number of alkyl halides is 6. The van der Waals surface area contributed by atoms with E-state index in [4.69, 9.17) is 0 Å². The van der Waals surface area contributed by atoms with E-state index in [1.54, 1.807) is 13.8 Å². The fraction of sp³-hybridized carbons (Fsp3) is 0.200. The van der Waals surface area contributed by atoms with Crippen molar-refractivity contribution in [3.05, 3.63) is 128 Å². The Morgan fingerprint density at radius 2 is 1.08 bits per heavy atom. The molecule has 0 saturated heterocycles. The van der Waals surface area contributed by atoms with E-state index in [1.165, 1.54) is 18.2 Å². The van der Waals surface area contributed by atoms with Gasteiger partial charge in [0.25, 0.3) is 31.4 Å². The Hall–Kier alpha value is -5.24. The van der Waals surface area contributed by atoms with Crippen molar-refractivity contribution >= 4 is 42.8 Å². The van der Waals surface area contributed by atoms with Gasteiger partial charge in [0, 0.05) is 30.8 Å². The van der Waals surface area contributed by atoms with Gasteiger partial charge in [-0.2, -0.15) is 26.3 Å². The molecule has 1 N–H and O–H groups in total. The summed E-state index contributed by atoms with van der Waals surface area (Å²) in [5.41, 5.74) is -3.98. The number of nitrogens with one attached hydrogen (secondary N) is 1. The van der Waals surface area contributed by atoms with Crippen LogP contribution in [0.4, 0.5) is 49.1 Å². The highest BCUT2D eigenvalue weighted by Gasteiger charge is 2.38. The minimum atomic E-state index is -4.74. The molecule has 0 aromatic heterocycles. The lowest BCUT2D eigenvalue weighted by molar-refractivity contribution is -0.385. The number of rotatable bonds is 10. The number of halogens is 6. The highest BCUT2D eigenvalue weighted by atomic mass is 32.2. The summed E-state index contributed by atoms with van der Waals surface area (Å²) in [6.07, 6.45) is -9.47. The zero-order valence-corrected chi connectivity index (χ0v) is 27.3. The van der Waals surface area contributed by atoms with E-state index in [2.05, 4.69) is 0 Å². The largest absolute Gasteiger partial charge is 0.418 e. The summed E-state index contributed by atoms with van der Waals surface area (Å²) in [6.45, 7) is 3.16. The van der Waals surface area contributed by atoms with E-state index in [-0.39, 0.29) is 33.6 Å². The number of hydrogen-bond donors (Lipinski definition) is 1. The van der Waals surface area contributed by atoms with Crippen molar-refractivity contribution in [2.24, 2.45) is 5.92 Å². The van der Waals surface area contributed by atoms with Crippen molar-refractivity contribution in [1.82, 2.24) is 0 Å². The summed E-state index contributed by atoms with van der Waals surface area (Å²) >= 11 is 0. The second-order valence-corrected chi connectivity index (χ2v) is 14.1. The van der Waals surface area contributed by atoms with Crippen LogP contribution in [0.1, 0.15) is 25.0 Å². The molecule has 0 unspecified atom stereocenters. The molecule has 0 aliphatic heterocycles. The van der Waals surface area contributed by atoms with Crippen LogP contribution >= 0.6 is 0 Å². The zero-order valence-electron chi connectivity index (χ0n) is 25.7. The Kier molecular flexibility index (Phi) is 11.8. The number of nitro groups is 2. The SMILES string of the molecule is CC(C)CN(c1ccccc1C(F)(F)F)S(=O)(=O)c1ccc([N+](=O)[O-])cc1.O=[N+]([O-])c1ccc(S(=O)(=O)Nc2ccccc2C(F)(F)F)cc1. The summed E-state index contributed by atoms with van der Waals surface area (Å²) in [7, 11) is -8.67. The summed E-state index contributed by atoms with van der Waals surface area (Å²) < 4.78 is 132. The summed E-state index contributed by atoms with van der Waals surface area (Å²) in [4.78, 5) is 19.1. The minimum absolute atomic E-state index is 0.188. The molecule has 0 aliphatic rings. The van der Waals surface area contributed by atoms with Crippen LogP contribution < -0.4 is 9.03 Å². The Labute approximate surface area is 281 Å².